The Morgan fingerprint density at radius 2 is 2.11 bits per heavy atom. The largest absolute Gasteiger partial charge is 0.363 e. The quantitative estimate of drug-likeness (QED) is 0.825. The monoisotopic (exact) mass is 260 g/mol. The van der Waals surface area contributed by atoms with Crippen LogP contribution in [-0.2, 0) is 4.74 Å². The van der Waals surface area contributed by atoms with E-state index >= 15 is 0 Å². The Kier molecular flexibility index (Phi) is 2.82. The first-order valence-corrected chi connectivity index (χ1v) is 6.35. The molecule has 0 aromatic carbocycles. The number of aryl methyl sites for hydroxylation is 1. The fourth-order valence-electron chi connectivity index (χ4n) is 2.17. The van der Waals surface area contributed by atoms with Crippen LogP contribution in [0.25, 0.3) is 11.6 Å². The topological polar surface area (TPSA) is 73.9 Å². The Morgan fingerprint density at radius 1 is 1.26 bits per heavy atom. The van der Waals surface area contributed by atoms with Gasteiger partial charge in [0, 0.05) is 11.9 Å². The molecule has 0 bridgehead atoms. The zero-order valence-corrected chi connectivity index (χ0v) is 11.3. The minimum atomic E-state index is -0.126. The van der Waals surface area contributed by atoms with Gasteiger partial charge in [-0.05, 0) is 39.7 Å². The summed E-state index contributed by atoms with van der Waals surface area (Å²) in [5.41, 5.74) is 0.744. The molecule has 1 atom stereocenters. The number of hydrogen-bond donors (Lipinski definition) is 0. The smallest absolute Gasteiger partial charge is 0.256 e. The fourth-order valence-corrected chi connectivity index (χ4v) is 2.17. The van der Waals surface area contributed by atoms with Gasteiger partial charge in [-0.1, -0.05) is 5.16 Å². The second kappa shape index (κ2) is 4.38. The summed E-state index contributed by atoms with van der Waals surface area (Å²) in [5.74, 6) is 1.39. The highest BCUT2D eigenvalue weighted by molar-refractivity contribution is 5.41. The van der Waals surface area contributed by atoms with Gasteiger partial charge in [0.15, 0.2) is 0 Å². The van der Waals surface area contributed by atoms with Crippen LogP contribution in [0.3, 0.4) is 0 Å². The molecule has 19 heavy (non-hydrogen) atoms. The zero-order valence-electron chi connectivity index (χ0n) is 11.3. The van der Waals surface area contributed by atoms with Crippen molar-refractivity contribution in [2.45, 2.75) is 45.3 Å². The van der Waals surface area contributed by atoms with Gasteiger partial charge in [0.25, 0.3) is 5.89 Å². The van der Waals surface area contributed by atoms with Gasteiger partial charge in [0.05, 0.1) is 5.60 Å². The molecule has 0 aliphatic carbocycles. The van der Waals surface area contributed by atoms with Crippen LogP contribution in [0.4, 0.5) is 0 Å². The first-order valence-electron chi connectivity index (χ1n) is 6.35. The van der Waals surface area contributed by atoms with Gasteiger partial charge in [-0.25, -0.2) is 9.97 Å². The molecule has 1 fully saturated rings. The molecule has 0 N–H and O–H groups in total. The molecular formula is C13H16N4O2. The van der Waals surface area contributed by atoms with E-state index in [1.54, 1.807) is 6.20 Å². The van der Waals surface area contributed by atoms with Crippen molar-refractivity contribution in [2.24, 2.45) is 0 Å². The van der Waals surface area contributed by atoms with Crippen molar-refractivity contribution in [3.05, 3.63) is 23.8 Å². The number of aromatic nitrogens is 4. The van der Waals surface area contributed by atoms with Crippen LogP contribution in [0, 0.1) is 6.92 Å². The van der Waals surface area contributed by atoms with Crippen molar-refractivity contribution in [3.8, 4) is 11.6 Å². The average Bonchev–Trinajstić information content (AvgIpc) is 2.95. The van der Waals surface area contributed by atoms with Crippen LogP contribution in [-0.4, -0.2) is 25.7 Å². The van der Waals surface area contributed by atoms with Crippen LogP contribution in [0.15, 0.2) is 16.8 Å². The fraction of sp³-hybridized carbons (Fsp3) is 0.538. The van der Waals surface area contributed by atoms with E-state index in [0.29, 0.717) is 17.5 Å². The maximum atomic E-state index is 5.87. The van der Waals surface area contributed by atoms with Gasteiger partial charge < -0.3 is 9.26 Å². The van der Waals surface area contributed by atoms with Gasteiger partial charge in [0.2, 0.25) is 11.6 Å². The second-order valence-electron chi connectivity index (χ2n) is 5.38. The first kappa shape index (κ1) is 12.2. The minimum absolute atomic E-state index is 0.124. The third-order valence-corrected chi connectivity index (χ3v) is 3.18. The molecule has 0 spiro atoms. The molecule has 0 saturated carbocycles. The molecule has 2 aromatic heterocycles. The molecule has 0 radical (unpaired) electrons. The van der Waals surface area contributed by atoms with E-state index in [1.807, 2.05) is 13.0 Å². The first-order chi connectivity index (χ1) is 9.03. The third-order valence-electron chi connectivity index (χ3n) is 3.18. The van der Waals surface area contributed by atoms with E-state index < -0.39 is 0 Å². The van der Waals surface area contributed by atoms with Gasteiger partial charge in [-0.3, -0.25) is 0 Å². The van der Waals surface area contributed by atoms with Crippen LogP contribution in [0.5, 0.6) is 0 Å². The molecule has 1 saturated heterocycles. The summed E-state index contributed by atoms with van der Waals surface area (Å²) >= 11 is 0. The number of ether oxygens (including phenoxy) is 1. The third kappa shape index (κ3) is 2.49. The van der Waals surface area contributed by atoms with Crippen molar-refractivity contribution >= 4 is 0 Å². The molecular weight excluding hydrogens is 244 g/mol. The molecule has 1 aliphatic heterocycles. The van der Waals surface area contributed by atoms with Crippen LogP contribution in [0.1, 0.15) is 44.4 Å². The van der Waals surface area contributed by atoms with Crippen LogP contribution < -0.4 is 0 Å². The lowest BCUT2D eigenvalue weighted by Crippen LogP contribution is -2.17. The van der Waals surface area contributed by atoms with E-state index in [0.717, 1.165) is 18.5 Å². The van der Waals surface area contributed by atoms with Crippen molar-refractivity contribution in [1.29, 1.82) is 0 Å². The Bertz CT molecular complexity index is 594. The van der Waals surface area contributed by atoms with Gasteiger partial charge in [-0.15, -0.1) is 0 Å². The van der Waals surface area contributed by atoms with Gasteiger partial charge >= 0.3 is 0 Å². The number of rotatable bonds is 2. The molecule has 2 aromatic rings. The summed E-state index contributed by atoms with van der Waals surface area (Å²) in [4.78, 5) is 12.8. The van der Waals surface area contributed by atoms with E-state index in [4.69, 9.17) is 9.26 Å². The average molecular weight is 260 g/mol. The van der Waals surface area contributed by atoms with Crippen molar-refractivity contribution < 1.29 is 9.26 Å². The Labute approximate surface area is 111 Å². The van der Waals surface area contributed by atoms with E-state index in [-0.39, 0.29) is 11.7 Å². The molecule has 0 amide bonds. The molecule has 3 heterocycles. The van der Waals surface area contributed by atoms with Crippen molar-refractivity contribution in [1.82, 2.24) is 20.1 Å². The maximum absolute atomic E-state index is 5.87. The molecule has 3 rings (SSSR count). The van der Waals surface area contributed by atoms with E-state index in [9.17, 15) is 0 Å². The Morgan fingerprint density at radius 3 is 2.79 bits per heavy atom. The molecule has 1 unspecified atom stereocenters. The van der Waals surface area contributed by atoms with E-state index in [2.05, 4.69) is 34.0 Å². The molecule has 100 valence electrons. The SMILES string of the molecule is Cc1ccnc(-c2noc(C3CCC(C)(C)O3)n2)n1. The molecule has 6 heteroatoms. The standard InChI is InChI=1S/C13H16N4O2/c1-8-5-7-14-10(15-8)11-16-12(19-17-11)9-4-6-13(2,3)18-9/h5,7,9H,4,6H2,1-3H3. The summed E-state index contributed by atoms with van der Waals surface area (Å²) in [6.45, 7) is 6.02. The summed E-state index contributed by atoms with van der Waals surface area (Å²) in [5, 5.41) is 3.93. The van der Waals surface area contributed by atoms with Crippen LogP contribution >= 0.6 is 0 Å². The molecule has 1 aliphatic rings. The zero-order chi connectivity index (χ0) is 13.5. The summed E-state index contributed by atoms with van der Waals surface area (Å²) in [6, 6.07) is 1.83. The minimum Gasteiger partial charge on any atom is -0.363 e. The summed E-state index contributed by atoms with van der Waals surface area (Å²) in [7, 11) is 0. The highest BCUT2D eigenvalue weighted by atomic mass is 16.5. The van der Waals surface area contributed by atoms with Crippen LogP contribution in [0.2, 0.25) is 0 Å². The normalized spacial score (nSPS) is 21.7. The summed E-state index contributed by atoms with van der Waals surface area (Å²) in [6.07, 6.45) is 3.43. The van der Waals surface area contributed by atoms with E-state index in [1.165, 1.54) is 0 Å². The summed E-state index contributed by atoms with van der Waals surface area (Å²) < 4.78 is 11.1. The predicted molar refractivity (Wildman–Crippen MR) is 67.2 cm³/mol. The van der Waals surface area contributed by atoms with Crippen molar-refractivity contribution in [2.75, 3.05) is 0 Å². The highest BCUT2D eigenvalue weighted by Crippen LogP contribution is 2.38. The Hall–Kier alpha value is -1.82. The van der Waals surface area contributed by atoms with Crippen molar-refractivity contribution in [3.63, 3.8) is 0 Å². The van der Waals surface area contributed by atoms with Gasteiger partial charge in [-0.2, -0.15) is 4.98 Å². The number of nitrogens with zero attached hydrogens (tertiary/aromatic N) is 4. The molecule has 6 nitrogen and oxygen atoms in total. The Balaban J connectivity index is 1.84. The maximum Gasteiger partial charge on any atom is 0.256 e. The highest BCUT2D eigenvalue weighted by Gasteiger charge is 2.35. The lowest BCUT2D eigenvalue weighted by molar-refractivity contribution is -0.0292. The second-order valence-corrected chi connectivity index (χ2v) is 5.38. The lowest BCUT2D eigenvalue weighted by atomic mass is 10.1. The van der Waals surface area contributed by atoms with Gasteiger partial charge in [0.1, 0.15) is 6.10 Å². The predicted octanol–water partition coefficient (Wildman–Crippen LogP) is 2.47. The lowest BCUT2D eigenvalue weighted by Gasteiger charge is -2.17. The number of hydrogen-bond acceptors (Lipinski definition) is 6.